The number of carbonyl (C=O) groups is 2. The monoisotopic (exact) mass is 385 g/mol. The van der Waals surface area contributed by atoms with E-state index < -0.39 is 24.7 Å². The van der Waals surface area contributed by atoms with Gasteiger partial charge in [-0.15, -0.1) is 0 Å². The van der Waals surface area contributed by atoms with Crippen molar-refractivity contribution in [1.29, 1.82) is 0 Å². The Morgan fingerprint density at radius 3 is 2.19 bits per heavy atom. The summed E-state index contributed by atoms with van der Waals surface area (Å²) in [6.45, 7) is 2.02. The summed E-state index contributed by atoms with van der Waals surface area (Å²) in [4.78, 5) is 24.5. The molecule has 9 heteroatoms. The van der Waals surface area contributed by atoms with Crippen LogP contribution in [0.15, 0.2) is 28.7 Å². The van der Waals surface area contributed by atoms with Crippen LogP contribution >= 0.6 is 0 Å². The number of benzene rings is 1. The van der Waals surface area contributed by atoms with Gasteiger partial charge in [0, 0.05) is 13.6 Å². The zero-order valence-corrected chi connectivity index (χ0v) is 14.9. The van der Waals surface area contributed by atoms with Gasteiger partial charge >= 0.3 is 12.1 Å². The van der Waals surface area contributed by atoms with Crippen LogP contribution in [-0.4, -0.2) is 41.7 Å². The average molecular weight is 385 g/mol. The molecule has 2 rings (SSSR count). The molecular weight excluding hydrogens is 367 g/mol. The molecule has 0 radical (unpaired) electrons. The number of furan rings is 1. The quantitative estimate of drug-likeness (QED) is 0.818. The van der Waals surface area contributed by atoms with Gasteiger partial charge in [0.15, 0.2) is 12.4 Å². The van der Waals surface area contributed by atoms with Crippen LogP contribution in [0.2, 0.25) is 0 Å². The van der Waals surface area contributed by atoms with Gasteiger partial charge in [-0.2, -0.15) is 13.2 Å². The number of carboxylic acid groups (broad SMARTS) is 1. The molecule has 0 bridgehead atoms. The maximum absolute atomic E-state index is 12.3. The zero-order chi connectivity index (χ0) is 20.4. The standard InChI is InChI=1S/C18H18F3NO5/c1-10-6-12(7-11(2)15(10)26-9-18(19,20)21)8-22(3)16(23)13-4-5-14(27-13)17(24)25/h4-7H,8-9H2,1-3H3,(H,24,25). The molecule has 0 saturated carbocycles. The van der Waals surface area contributed by atoms with Crippen LogP contribution in [0.25, 0.3) is 0 Å². The average Bonchev–Trinajstić information content (AvgIpc) is 3.02. The topological polar surface area (TPSA) is 80.0 Å². The second-order valence-corrected chi connectivity index (χ2v) is 6.09. The van der Waals surface area contributed by atoms with E-state index in [1.54, 1.807) is 26.0 Å². The molecule has 6 nitrogen and oxygen atoms in total. The number of alkyl halides is 3. The van der Waals surface area contributed by atoms with Crippen molar-refractivity contribution in [2.45, 2.75) is 26.6 Å². The lowest BCUT2D eigenvalue weighted by Crippen LogP contribution is -2.26. The van der Waals surface area contributed by atoms with Gasteiger partial charge in [0.25, 0.3) is 5.91 Å². The SMILES string of the molecule is Cc1cc(CN(C)C(=O)c2ccc(C(=O)O)o2)cc(C)c1OCC(F)(F)F. The number of rotatable bonds is 6. The highest BCUT2D eigenvalue weighted by Gasteiger charge is 2.29. The van der Waals surface area contributed by atoms with Crippen LogP contribution in [0, 0.1) is 13.8 Å². The summed E-state index contributed by atoms with van der Waals surface area (Å²) in [6, 6.07) is 5.72. The van der Waals surface area contributed by atoms with Crippen LogP contribution < -0.4 is 4.74 Å². The van der Waals surface area contributed by atoms with Crippen molar-refractivity contribution in [1.82, 2.24) is 4.90 Å². The smallest absolute Gasteiger partial charge is 0.422 e. The summed E-state index contributed by atoms with van der Waals surface area (Å²) in [6.07, 6.45) is -4.43. The minimum Gasteiger partial charge on any atom is -0.484 e. The van der Waals surface area contributed by atoms with Crippen LogP contribution in [0.1, 0.15) is 37.8 Å². The molecule has 0 aliphatic heterocycles. The number of carbonyl (C=O) groups excluding carboxylic acids is 1. The lowest BCUT2D eigenvalue weighted by molar-refractivity contribution is -0.153. The van der Waals surface area contributed by atoms with E-state index in [2.05, 4.69) is 0 Å². The number of aromatic carboxylic acids is 1. The van der Waals surface area contributed by atoms with E-state index in [1.807, 2.05) is 0 Å². The summed E-state index contributed by atoms with van der Waals surface area (Å²) in [5.41, 5.74) is 1.72. The number of carboxylic acids is 1. The van der Waals surface area contributed by atoms with Gasteiger partial charge in [0.1, 0.15) is 5.75 Å². The second kappa shape index (κ2) is 7.73. The van der Waals surface area contributed by atoms with E-state index in [4.69, 9.17) is 14.3 Å². The van der Waals surface area contributed by atoms with Gasteiger partial charge in [-0.1, -0.05) is 12.1 Å². The van der Waals surface area contributed by atoms with Crippen molar-refractivity contribution < 1.29 is 37.0 Å². The number of hydrogen-bond acceptors (Lipinski definition) is 4. The van der Waals surface area contributed by atoms with Gasteiger partial charge < -0.3 is 19.2 Å². The van der Waals surface area contributed by atoms with Crippen molar-refractivity contribution in [3.8, 4) is 5.75 Å². The molecule has 27 heavy (non-hydrogen) atoms. The van der Waals surface area contributed by atoms with Crippen molar-refractivity contribution in [3.05, 3.63) is 52.5 Å². The van der Waals surface area contributed by atoms with Crippen LogP contribution in [0.4, 0.5) is 13.2 Å². The third kappa shape index (κ3) is 5.25. The van der Waals surface area contributed by atoms with E-state index >= 15 is 0 Å². The molecule has 1 heterocycles. The molecule has 1 aromatic heterocycles. The van der Waals surface area contributed by atoms with Crippen LogP contribution in [0.3, 0.4) is 0 Å². The number of nitrogens with zero attached hydrogens (tertiary/aromatic N) is 1. The molecule has 1 N–H and O–H groups in total. The van der Waals surface area contributed by atoms with Gasteiger partial charge in [-0.05, 0) is 42.7 Å². The Morgan fingerprint density at radius 2 is 1.70 bits per heavy atom. The third-order valence-corrected chi connectivity index (χ3v) is 3.69. The summed E-state index contributed by atoms with van der Waals surface area (Å²) < 4.78 is 46.9. The maximum atomic E-state index is 12.3. The highest BCUT2D eigenvalue weighted by molar-refractivity contribution is 5.93. The Bertz CT molecular complexity index is 834. The molecule has 0 aliphatic carbocycles. The van der Waals surface area contributed by atoms with Crippen molar-refractivity contribution in [2.24, 2.45) is 0 Å². The van der Waals surface area contributed by atoms with Gasteiger partial charge in [0.2, 0.25) is 5.76 Å². The zero-order valence-electron chi connectivity index (χ0n) is 14.9. The van der Waals surface area contributed by atoms with Crippen LogP contribution in [0.5, 0.6) is 5.75 Å². The minimum absolute atomic E-state index is 0.117. The van der Waals surface area contributed by atoms with Crippen LogP contribution in [-0.2, 0) is 6.54 Å². The Balaban J connectivity index is 2.12. The fourth-order valence-corrected chi connectivity index (χ4v) is 2.61. The Kier molecular flexibility index (Phi) is 5.82. The largest absolute Gasteiger partial charge is 0.484 e. The van der Waals surface area contributed by atoms with E-state index in [9.17, 15) is 22.8 Å². The van der Waals surface area contributed by atoms with Crippen molar-refractivity contribution in [3.63, 3.8) is 0 Å². The minimum atomic E-state index is -4.43. The molecule has 2 aromatic rings. The first-order chi connectivity index (χ1) is 12.5. The first kappa shape index (κ1) is 20.3. The normalized spacial score (nSPS) is 11.3. The molecule has 0 aliphatic rings. The Morgan fingerprint density at radius 1 is 1.15 bits per heavy atom. The summed E-state index contributed by atoms with van der Waals surface area (Å²) in [5, 5.41) is 8.83. The highest BCUT2D eigenvalue weighted by atomic mass is 19.4. The number of aryl methyl sites for hydroxylation is 2. The molecule has 0 fully saturated rings. The maximum Gasteiger partial charge on any atom is 0.422 e. The molecule has 0 saturated heterocycles. The lowest BCUT2D eigenvalue weighted by atomic mass is 10.1. The highest BCUT2D eigenvalue weighted by Crippen LogP contribution is 2.27. The molecule has 1 amide bonds. The molecule has 1 aromatic carbocycles. The fraction of sp³-hybridized carbons (Fsp3) is 0.333. The Hall–Kier alpha value is -2.97. The number of halogens is 3. The van der Waals surface area contributed by atoms with Gasteiger partial charge in [0.05, 0.1) is 0 Å². The van der Waals surface area contributed by atoms with Crippen molar-refractivity contribution >= 4 is 11.9 Å². The number of amides is 1. The predicted octanol–water partition coefficient (Wildman–Crippen LogP) is 3.81. The molecule has 146 valence electrons. The fourth-order valence-electron chi connectivity index (χ4n) is 2.61. The second-order valence-electron chi connectivity index (χ2n) is 6.09. The first-order valence-electron chi connectivity index (χ1n) is 7.86. The molecular formula is C18H18F3NO5. The molecule has 0 spiro atoms. The summed E-state index contributed by atoms with van der Waals surface area (Å²) in [5.74, 6) is -2.10. The van der Waals surface area contributed by atoms with E-state index in [0.29, 0.717) is 16.7 Å². The summed E-state index contributed by atoms with van der Waals surface area (Å²) in [7, 11) is 1.50. The number of ether oxygens (including phenoxy) is 1. The van der Waals surface area contributed by atoms with E-state index in [-0.39, 0.29) is 23.8 Å². The predicted molar refractivity (Wildman–Crippen MR) is 88.9 cm³/mol. The number of hydrogen-bond donors (Lipinski definition) is 1. The van der Waals surface area contributed by atoms with Gasteiger partial charge in [-0.3, -0.25) is 4.79 Å². The Labute approximate surface area is 153 Å². The summed E-state index contributed by atoms with van der Waals surface area (Å²) >= 11 is 0. The van der Waals surface area contributed by atoms with E-state index in [0.717, 1.165) is 0 Å². The third-order valence-electron chi connectivity index (χ3n) is 3.69. The van der Waals surface area contributed by atoms with Gasteiger partial charge in [-0.25, -0.2) is 4.79 Å². The van der Waals surface area contributed by atoms with Crippen molar-refractivity contribution in [2.75, 3.05) is 13.7 Å². The molecule has 0 unspecified atom stereocenters. The lowest BCUT2D eigenvalue weighted by Gasteiger charge is -2.19. The first-order valence-corrected chi connectivity index (χ1v) is 7.86. The van der Waals surface area contributed by atoms with E-state index in [1.165, 1.54) is 24.1 Å². The molecule has 0 atom stereocenters.